The van der Waals surface area contributed by atoms with Crippen molar-refractivity contribution in [1.82, 2.24) is 24.9 Å². The molecule has 2 heterocycles. The van der Waals surface area contributed by atoms with Gasteiger partial charge in [0.05, 0.1) is 11.3 Å². The molecule has 1 saturated carbocycles. The molecule has 31 heavy (non-hydrogen) atoms. The number of alkyl halides is 3. The van der Waals surface area contributed by atoms with E-state index in [4.69, 9.17) is 0 Å². The smallest absolute Gasteiger partial charge is 0.302 e. The Labute approximate surface area is 174 Å². The predicted molar refractivity (Wildman–Crippen MR) is 108 cm³/mol. The average Bonchev–Trinajstić information content (AvgIpc) is 3.43. The van der Waals surface area contributed by atoms with Crippen LogP contribution in [0.3, 0.4) is 0 Å². The maximum atomic E-state index is 13.1. The van der Waals surface area contributed by atoms with Gasteiger partial charge in [-0.1, -0.05) is 42.5 Å². The van der Waals surface area contributed by atoms with Gasteiger partial charge in [0.25, 0.3) is 11.3 Å². The zero-order chi connectivity index (χ0) is 21.6. The van der Waals surface area contributed by atoms with Gasteiger partial charge in [0.2, 0.25) is 0 Å². The molecule has 0 bridgehead atoms. The molecule has 1 fully saturated rings. The maximum absolute atomic E-state index is 13.1. The van der Waals surface area contributed by atoms with Crippen LogP contribution in [0.2, 0.25) is 0 Å². The first-order chi connectivity index (χ1) is 14.8. The Bertz CT molecular complexity index is 1310. The van der Waals surface area contributed by atoms with Gasteiger partial charge in [-0.25, -0.2) is 4.98 Å². The Hall–Kier alpha value is -3.46. The van der Waals surface area contributed by atoms with E-state index in [1.165, 1.54) is 22.7 Å². The summed E-state index contributed by atoms with van der Waals surface area (Å²) < 4.78 is 40.5. The predicted octanol–water partition coefficient (Wildman–Crippen LogP) is 3.88. The number of rotatable bonds is 5. The Morgan fingerprint density at radius 3 is 2.52 bits per heavy atom. The Morgan fingerprint density at radius 1 is 1.03 bits per heavy atom. The summed E-state index contributed by atoms with van der Waals surface area (Å²) in [6.07, 6.45) is -2.95. The van der Waals surface area contributed by atoms with Crippen molar-refractivity contribution < 1.29 is 13.2 Å². The van der Waals surface area contributed by atoms with Gasteiger partial charge in [-0.2, -0.15) is 22.7 Å². The van der Waals surface area contributed by atoms with Crippen molar-refractivity contribution in [2.24, 2.45) is 0 Å². The van der Waals surface area contributed by atoms with Gasteiger partial charge in [-0.3, -0.25) is 9.89 Å². The molecule has 5 rings (SSSR count). The molecule has 2 aromatic carbocycles. The number of halogens is 3. The lowest BCUT2D eigenvalue weighted by atomic mass is 10.0. The zero-order valence-electron chi connectivity index (χ0n) is 16.3. The molecule has 1 aliphatic rings. The highest BCUT2D eigenvalue weighted by molar-refractivity contribution is 5.56. The lowest BCUT2D eigenvalue weighted by Crippen LogP contribution is -2.30. The van der Waals surface area contributed by atoms with Crippen LogP contribution in [0.15, 0.2) is 65.5 Å². The van der Waals surface area contributed by atoms with Gasteiger partial charge in [-0.05, 0) is 30.5 Å². The highest BCUT2D eigenvalue weighted by Gasteiger charge is 2.45. The molecule has 0 saturated heterocycles. The van der Waals surface area contributed by atoms with Crippen LogP contribution in [0.5, 0.6) is 0 Å². The molecular weight excluding hydrogens is 407 g/mol. The van der Waals surface area contributed by atoms with E-state index in [-0.39, 0.29) is 17.9 Å². The highest BCUT2D eigenvalue weighted by Crippen LogP contribution is 2.46. The van der Waals surface area contributed by atoms with Crippen molar-refractivity contribution in [3.63, 3.8) is 0 Å². The third-order valence-electron chi connectivity index (χ3n) is 5.53. The number of hydrogen-bond acceptors (Lipinski definition) is 4. The Balaban J connectivity index is 1.39. The third-order valence-corrected chi connectivity index (χ3v) is 5.53. The van der Waals surface area contributed by atoms with Crippen LogP contribution in [0, 0.1) is 0 Å². The summed E-state index contributed by atoms with van der Waals surface area (Å²) in [5, 5.41) is 6.24. The van der Waals surface area contributed by atoms with Crippen LogP contribution < -0.4 is 10.9 Å². The van der Waals surface area contributed by atoms with E-state index in [0.29, 0.717) is 17.1 Å². The normalized spacial score (nSPS) is 15.3. The Morgan fingerprint density at radius 2 is 1.81 bits per heavy atom. The fourth-order valence-electron chi connectivity index (χ4n) is 3.69. The van der Waals surface area contributed by atoms with E-state index < -0.39 is 17.3 Å². The number of hydrogen-bond donors (Lipinski definition) is 2. The van der Waals surface area contributed by atoms with Crippen LogP contribution in [-0.2, 0) is 18.3 Å². The number of fused-ring (bicyclic) bond motifs is 1. The molecule has 4 aromatic rings. The minimum absolute atomic E-state index is 0.243. The number of benzene rings is 2. The van der Waals surface area contributed by atoms with Crippen LogP contribution in [0.4, 0.5) is 13.2 Å². The summed E-state index contributed by atoms with van der Waals surface area (Å²) in [4.78, 5) is 21.4. The number of H-pyrrole nitrogens is 1. The second-order valence-electron chi connectivity index (χ2n) is 7.67. The van der Waals surface area contributed by atoms with E-state index in [1.807, 2.05) is 30.3 Å². The van der Waals surface area contributed by atoms with Crippen LogP contribution >= 0.6 is 0 Å². The standard InChI is InChI=1S/C22H18F3N5O/c23-22(24,25)16-8-4-7-15(11-16)21(9-10-21)26-13-17-12-18(31)30-20(27-17)28-19(29-30)14-5-2-1-3-6-14/h1-8,11-12,26H,9-10,13H2,(H,27,28,29). The van der Waals surface area contributed by atoms with E-state index in [2.05, 4.69) is 20.4 Å². The largest absolute Gasteiger partial charge is 0.416 e. The monoisotopic (exact) mass is 425 g/mol. The molecule has 1 aliphatic carbocycles. The van der Waals surface area contributed by atoms with Crippen molar-refractivity contribution in [3.05, 3.63) is 87.8 Å². The number of aromatic nitrogens is 4. The quantitative estimate of drug-likeness (QED) is 0.509. The molecule has 0 spiro atoms. The van der Waals surface area contributed by atoms with Gasteiger partial charge in [-0.15, -0.1) is 0 Å². The summed E-state index contributed by atoms with van der Waals surface area (Å²) in [5.41, 5.74) is 0.393. The molecular formula is C22H18F3N5O. The van der Waals surface area contributed by atoms with Crippen LogP contribution in [-0.4, -0.2) is 19.6 Å². The highest BCUT2D eigenvalue weighted by atomic mass is 19.4. The minimum Gasteiger partial charge on any atom is -0.302 e. The molecule has 2 N–H and O–H groups in total. The van der Waals surface area contributed by atoms with Gasteiger partial charge in [0.15, 0.2) is 5.82 Å². The Kier molecular flexibility index (Phi) is 4.44. The first-order valence-electron chi connectivity index (χ1n) is 9.81. The van der Waals surface area contributed by atoms with Crippen molar-refractivity contribution in [3.8, 4) is 11.4 Å². The molecule has 0 unspecified atom stereocenters. The van der Waals surface area contributed by atoms with Gasteiger partial charge < -0.3 is 5.32 Å². The fraction of sp³-hybridized carbons (Fsp3) is 0.227. The number of aromatic amines is 1. The average molecular weight is 425 g/mol. The van der Waals surface area contributed by atoms with Crippen LogP contribution in [0.1, 0.15) is 29.7 Å². The van der Waals surface area contributed by atoms with Gasteiger partial charge >= 0.3 is 6.18 Å². The molecule has 6 nitrogen and oxygen atoms in total. The second-order valence-corrected chi connectivity index (χ2v) is 7.67. The van der Waals surface area contributed by atoms with Crippen molar-refractivity contribution >= 4 is 5.78 Å². The second kappa shape index (κ2) is 7.05. The summed E-state index contributed by atoms with van der Waals surface area (Å²) in [7, 11) is 0. The van der Waals surface area contributed by atoms with Gasteiger partial charge in [0.1, 0.15) is 0 Å². The minimum atomic E-state index is -4.39. The first-order valence-corrected chi connectivity index (χ1v) is 9.81. The molecule has 9 heteroatoms. The summed E-state index contributed by atoms with van der Waals surface area (Å²) >= 11 is 0. The molecule has 0 amide bonds. The summed E-state index contributed by atoms with van der Waals surface area (Å²) in [6.45, 7) is 0.246. The van der Waals surface area contributed by atoms with E-state index in [0.717, 1.165) is 24.5 Å². The number of nitrogens with one attached hydrogen (secondary N) is 2. The maximum Gasteiger partial charge on any atom is 0.416 e. The fourth-order valence-corrected chi connectivity index (χ4v) is 3.69. The molecule has 158 valence electrons. The zero-order valence-corrected chi connectivity index (χ0v) is 16.3. The van der Waals surface area contributed by atoms with Crippen LogP contribution in [0.25, 0.3) is 17.2 Å². The first kappa shape index (κ1) is 19.5. The lowest BCUT2D eigenvalue weighted by molar-refractivity contribution is -0.137. The van der Waals surface area contributed by atoms with Crippen molar-refractivity contribution in [2.75, 3.05) is 0 Å². The van der Waals surface area contributed by atoms with Gasteiger partial charge in [0, 0.05) is 23.7 Å². The lowest BCUT2D eigenvalue weighted by Gasteiger charge is -2.19. The molecule has 0 aliphatic heterocycles. The van der Waals surface area contributed by atoms with E-state index in [9.17, 15) is 18.0 Å². The van der Waals surface area contributed by atoms with E-state index >= 15 is 0 Å². The third kappa shape index (κ3) is 3.72. The van der Waals surface area contributed by atoms with Crippen molar-refractivity contribution in [1.29, 1.82) is 0 Å². The SMILES string of the molecule is O=c1cc(CNC2(c3cccc(C(F)(F)F)c3)CC2)nc2nc(-c3ccccc3)[nH]n12. The summed E-state index contributed by atoms with van der Waals surface area (Å²) in [6, 6.07) is 16.1. The molecule has 2 aromatic heterocycles. The molecule has 0 atom stereocenters. The summed E-state index contributed by atoms with van der Waals surface area (Å²) in [5.74, 6) is 0.769. The van der Waals surface area contributed by atoms with E-state index in [1.54, 1.807) is 6.07 Å². The topological polar surface area (TPSA) is 75.1 Å². The molecule has 0 radical (unpaired) electrons. The van der Waals surface area contributed by atoms with Crippen molar-refractivity contribution in [2.45, 2.75) is 31.1 Å². The number of nitrogens with zero attached hydrogens (tertiary/aromatic N) is 3.